The third-order valence-corrected chi connectivity index (χ3v) is 2.57. The Balaban J connectivity index is 2.40. The zero-order valence-electron chi connectivity index (χ0n) is 11.4. The quantitative estimate of drug-likeness (QED) is 0.911. The van der Waals surface area contributed by atoms with Crippen LogP contribution in [-0.4, -0.2) is 21.1 Å². The van der Waals surface area contributed by atoms with Crippen molar-refractivity contribution in [2.75, 3.05) is 5.73 Å². The number of aryl methyl sites for hydroxylation is 1. The number of aromatic nitrogens is 3. The van der Waals surface area contributed by atoms with Crippen molar-refractivity contribution in [2.24, 2.45) is 0 Å². The second-order valence-corrected chi connectivity index (χ2v) is 4.52. The van der Waals surface area contributed by atoms with E-state index in [-0.39, 0.29) is 18.1 Å². The predicted octanol–water partition coefficient (Wildman–Crippen LogP) is 2.47. The zero-order valence-corrected chi connectivity index (χ0v) is 11.4. The Bertz CT molecular complexity index is 569. The first kappa shape index (κ1) is 13.3. The van der Waals surface area contributed by atoms with Crippen LogP contribution in [-0.2, 0) is 6.42 Å². The topological polar surface area (TPSA) is 73.9 Å². The SMILES string of the molecule is CCc1cccc(-c2nc(N)nc(OC(C)C)n2)c1. The van der Waals surface area contributed by atoms with E-state index in [1.807, 2.05) is 32.0 Å². The summed E-state index contributed by atoms with van der Waals surface area (Å²) in [7, 11) is 0. The molecule has 5 nitrogen and oxygen atoms in total. The van der Waals surface area contributed by atoms with Crippen LogP contribution in [0.15, 0.2) is 24.3 Å². The summed E-state index contributed by atoms with van der Waals surface area (Å²) in [6.45, 7) is 5.93. The van der Waals surface area contributed by atoms with Crippen molar-refractivity contribution in [3.05, 3.63) is 29.8 Å². The fourth-order valence-electron chi connectivity index (χ4n) is 1.70. The second kappa shape index (κ2) is 5.65. The first-order chi connectivity index (χ1) is 9.08. The van der Waals surface area contributed by atoms with Crippen LogP contribution in [0.25, 0.3) is 11.4 Å². The van der Waals surface area contributed by atoms with Gasteiger partial charge in [0.2, 0.25) is 5.95 Å². The molecule has 0 radical (unpaired) electrons. The van der Waals surface area contributed by atoms with E-state index in [0.717, 1.165) is 12.0 Å². The van der Waals surface area contributed by atoms with Crippen LogP contribution in [0.2, 0.25) is 0 Å². The molecule has 1 heterocycles. The number of anilines is 1. The lowest BCUT2D eigenvalue weighted by Gasteiger charge is -2.09. The van der Waals surface area contributed by atoms with E-state index in [2.05, 4.69) is 27.9 Å². The van der Waals surface area contributed by atoms with Gasteiger partial charge in [0.1, 0.15) is 0 Å². The molecule has 0 unspecified atom stereocenters. The number of nitrogens with zero attached hydrogens (tertiary/aromatic N) is 3. The number of ether oxygens (including phenoxy) is 1. The lowest BCUT2D eigenvalue weighted by molar-refractivity contribution is 0.222. The standard InChI is InChI=1S/C14H18N4O/c1-4-10-6-5-7-11(8-10)12-16-13(15)18-14(17-12)19-9(2)3/h5-9H,4H2,1-3H3,(H2,15,16,17,18). The molecule has 0 spiro atoms. The fraction of sp³-hybridized carbons (Fsp3) is 0.357. The molecule has 0 amide bonds. The van der Waals surface area contributed by atoms with Crippen molar-refractivity contribution in [2.45, 2.75) is 33.3 Å². The Morgan fingerprint density at radius 2 is 2.00 bits per heavy atom. The highest BCUT2D eigenvalue weighted by Gasteiger charge is 2.09. The largest absolute Gasteiger partial charge is 0.461 e. The fourth-order valence-corrected chi connectivity index (χ4v) is 1.70. The molecule has 2 rings (SSSR count). The molecule has 100 valence electrons. The Kier molecular flexibility index (Phi) is 3.94. The van der Waals surface area contributed by atoms with Gasteiger partial charge in [-0.15, -0.1) is 0 Å². The van der Waals surface area contributed by atoms with Gasteiger partial charge in [-0.1, -0.05) is 25.1 Å². The molecule has 0 aliphatic rings. The Labute approximate surface area is 112 Å². The zero-order chi connectivity index (χ0) is 13.8. The number of hydrogen-bond acceptors (Lipinski definition) is 5. The number of nitrogen functional groups attached to an aromatic ring is 1. The van der Waals surface area contributed by atoms with Crippen molar-refractivity contribution in [1.82, 2.24) is 15.0 Å². The maximum absolute atomic E-state index is 5.70. The molecule has 2 aromatic rings. The molecule has 19 heavy (non-hydrogen) atoms. The summed E-state index contributed by atoms with van der Waals surface area (Å²) >= 11 is 0. The van der Waals surface area contributed by atoms with Crippen LogP contribution < -0.4 is 10.5 Å². The minimum absolute atomic E-state index is 0.00312. The summed E-state index contributed by atoms with van der Waals surface area (Å²) < 4.78 is 5.47. The van der Waals surface area contributed by atoms with Gasteiger partial charge in [-0.3, -0.25) is 0 Å². The van der Waals surface area contributed by atoms with Gasteiger partial charge < -0.3 is 10.5 Å². The third-order valence-electron chi connectivity index (χ3n) is 2.57. The molecule has 2 N–H and O–H groups in total. The Morgan fingerprint density at radius 1 is 1.21 bits per heavy atom. The summed E-state index contributed by atoms with van der Waals surface area (Å²) in [4.78, 5) is 12.4. The monoisotopic (exact) mass is 258 g/mol. The molecule has 1 aromatic heterocycles. The average molecular weight is 258 g/mol. The predicted molar refractivity (Wildman–Crippen MR) is 74.8 cm³/mol. The lowest BCUT2D eigenvalue weighted by Crippen LogP contribution is -2.11. The number of hydrogen-bond donors (Lipinski definition) is 1. The average Bonchev–Trinajstić information content (AvgIpc) is 2.37. The molecule has 0 fully saturated rings. The highest BCUT2D eigenvalue weighted by atomic mass is 16.5. The molecule has 0 saturated carbocycles. The van der Waals surface area contributed by atoms with Crippen LogP contribution >= 0.6 is 0 Å². The van der Waals surface area contributed by atoms with Gasteiger partial charge in [-0.05, 0) is 31.9 Å². The molecule has 0 saturated heterocycles. The first-order valence-electron chi connectivity index (χ1n) is 6.36. The van der Waals surface area contributed by atoms with E-state index in [0.29, 0.717) is 5.82 Å². The van der Waals surface area contributed by atoms with Crippen LogP contribution in [0.4, 0.5) is 5.95 Å². The Hall–Kier alpha value is -2.17. The molecular formula is C14H18N4O. The molecule has 1 aromatic carbocycles. The maximum atomic E-state index is 5.70. The van der Waals surface area contributed by atoms with E-state index in [9.17, 15) is 0 Å². The highest BCUT2D eigenvalue weighted by Crippen LogP contribution is 2.19. The minimum Gasteiger partial charge on any atom is -0.461 e. The second-order valence-electron chi connectivity index (χ2n) is 4.52. The van der Waals surface area contributed by atoms with Crippen molar-refractivity contribution in [1.29, 1.82) is 0 Å². The van der Waals surface area contributed by atoms with Gasteiger partial charge in [-0.2, -0.15) is 15.0 Å². The van der Waals surface area contributed by atoms with Gasteiger partial charge in [0.05, 0.1) is 6.10 Å². The van der Waals surface area contributed by atoms with Crippen molar-refractivity contribution in [3.8, 4) is 17.4 Å². The number of benzene rings is 1. The van der Waals surface area contributed by atoms with E-state index in [1.165, 1.54) is 5.56 Å². The van der Waals surface area contributed by atoms with Gasteiger partial charge >= 0.3 is 6.01 Å². The summed E-state index contributed by atoms with van der Waals surface area (Å²) in [5.41, 5.74) is 7.84. The highest BCUT2D eigenvalue weighted by molar-refractivity contribution is 5.57. The van der Waals surface area contributed by atoms with E-state index < -0.39 is 0 Å². The van der Waals surface area contributed by atoms with Crippen molar-refractivity contribution in [3.63, 3.8) is 0 Å². The summed E-state index contributed by atoms with van der Waals surface area (Å²) in [5.74, 6) is 0.709. The van der Waals surface area contributed by atoms with Crippen LogP contribution in [0.1, 0.15) is 26.3 Å². The Morgan fingerprint density at radius 3 is 2.68 bits per heavy atom. The van der Waals surface area contributed by atoms with Crippen molar-refractivity contribution >= 4 is 5.95 Å². The summed E-state index contributed by atoms with van der Waals surface area (Å²) in [6, 6.07) is 8.32. The van der Waals surface area contributed by atoms with Gasteiger partial charge in [0.25, 0.3) is 0 Å². The molecule has 0 aliphatic heterocycles. The van der Waals surface area contributed by atoms with E-state index >= 15 is 0 Å². The summed E-state index contributed by atoms with van der Waals surface area (Å²) in [6.07, 6.45) is 0.959. The smallest absolute Gasteiger partial charge is 0.322 e. The number of nitrogens with two attached hydrogens (primary N) is 1. The molecule has 0 aliphatic carbocycles. The summed E-state index contributed by atoms with van der Waals surface area (Å²) in [5, 5.41) is 0. The third kappa shape index (κ3) is 3.40. The lowest BCUT2D eigenvalue weighted by atomic mass is 10.1. The van der Waals surface area contributed by atoms with Gasteiger partial charge in [-0.25, -0.2) is 0 Å². The maximum Gasteiger partial charge on any atom is 0.322 e. The van der Waals surface area contributed by atoms with Crippen LogP contribution in [0.5, 0.6) is 6.01 Å². The van der Waals surface area contributed by atoms with Crippen LogP contribution in [0, 0.1) is 0 Å². The normalized spacial score (nSPS) is 10.7. The van der Waals surface area contributed by atoms with Gasteiger partial charge in [0.15, 0.2) is 5.82 Å². The molecule has 0 atom stereocenters. The molecule has 0 bridgehead atoms. The first-order valence-corrected chi connectivity index (χ1v) is 6.36. The number of rotatable bonds is 4. The van der Waals surface area contributed by atoms with Crippen LogP contribution in [0.3, 0.4) is 0 Å². The van der Waals surface area contributed by atoms with Gasteiger partial charge in [0, 0.05) is 5.56 Å². The van der Waals surface area contributed by atoms with E-state index in [1.54, 1.807) is 0 Å². The van der Waals surface area contributed by atoms with Crippen molar-refractivity contribution < 1.29 is 4.74 Å². The van der Waals surface area contributed by atoms with E-state index in [4.69, 9.17) is 10.5 Å². The molecular weight excluding hydrogens is 240 g/mol. The minimum atomic E-state index is -0.00312. The molecule has 5 heteroatoms.